The number of halogens is 3. The van der Waals surface area contributed by atoms with Crippen LogP contribution in [0.2, 0.25) is 0 Å². The van der Waals surface area contributed by atoms with Crippen LogP contribution in [0.1, 0.15) is 0 Å². The highest BCUT2D eigenvalue weighted by atomic mass is 19.4. The lowest BCUT2D eigenvalue weighted by Gasteiger charge is -2.40. The Hall–Kier alpha value is -0.980. The predicted octanol–water partition coefficient (Wildman–Crippen LogP) is 1.01. The van der Waals surface area contributed by atoms with Crippen molar-refractivity contribution in [3.8, 4) is 0 Å². The molecule has 1 aliphatic heterocycles. The number of alkyl halides is 3. The third-order valence-electron chi connectivity index (χ3n) is 1.47. The van der Waals surface area contributed by atoms with Crippen LogP contribution in [0.15, 0.2) is 0 Å². The third kappa shape index (κ3) is 1.31. The van der Waals surface area contributed by atoms with Crippen LogP contribution in [0.4, 0.5) is 18.0 Å². The molecule has 1 aliphatic rings. The van der Waals surface area contributed by atoms with Crippen LogP contribution in [0.25, 0.3) is 0 Å². The normalized spacial score (nSPS) is 21.2. The molecule has 0 spiro atoms. The molecule has 1 saturated heterocycles. The molecule has 1 heterocycles. The van der Waals surface area contributed by atoms with Gasteiger partial charge in [0.2, 0.25) is 0 Å². The molecule has 1 N–H and O–H groups in total. The highest BCUT2D eigenvalue weighted by Crippen LogP contribution is 2.39. The summed E-state index contributed by atoms with van der Waals surface area (Å²) in [5.74, 6) is 0. The summed E-state index contributed by atoms with van der Waals surface area (Å²) in [6.45, 7) is -1.52. The summed E-state index contributed by atoms with van der Waals surface area (Å²) in [5, 5.41) is 8.00. The number of hydrogen-bond donors (Lipinski definition) is 1. The van der Waals surface area contributed by atoms with Crippen LogP contribution in [-0.2, 0) is 9.47 Å². The molecular formula is C5H5F3O4. The van der Waals surface area contributed by atoms with Crippen molar-refractivity contribution in [3.05, 3.63) is 0 Å². The minimum Gasteiger partial charge on any atom is -0.450 e. The first kappa shape index (κ1) is 9.11. The van der Waals surface area contributed by atoms with Gasteiger partial charge in [0.05, 0.1) is 13.2 Å². The predicted molar refractivity (Wildman–Crippen MR) is 28.7 cm³/mol. The van der Waals surface area contributed by atoms with Gasteiger partial charge in [-0.15, -0.1) is 0 Å². The maximum absolute atomic E-state index is 12.0. The molecule has 7 heteroatoms. The monoisotopic (exact) mass is 186 g/mol. The smallest absolute Gasteiger partial charge is 0.450 e. The molecule has 1 fully saturated rings. The fourth-order valence-corrected chi connectivity index (χ4v) is 0.735. The summed E-state index contributed by atoms with van der Waals surface area (Å²) >= 11 is 0. The molecule has 0 aliphatic carbocycles. The van der Waals surface area contributed by atoms with Gasteiger partial charge >= 0.3 is 12.3 Å². The second-order valence-electron chi connectivity index (χ2n) is 2.35. The number of carbonyl (C=O) groups is 1. The summed E-state index contributed by atoms with van der Waals surface area (Å²) < 4.78 is 44.1. The highest BCUT2D eigenvalue weighted by molar-refractivity contribution is 5.58. The van der Waals surface area contributed by atoms with Crippen LogP contribution >= 0.6 is 0 Å². The molecule has 12 heavy (non-hydrogen) atoms. The van der Waals surface area contributed by atoms with E-state index in [-0.39, 0.29) is 0 Å². The van der Waals surface area contributed by atoms with E-state index in [9.17, 15) is 18.0 Å². The number of hydrogen-bond acceptors (Lipinski definition) is 3. The molecule has 0 aromatic carbocycles. The van der Waals surface area contributed by atoms with Gasteiger partial charge in [-0.1, -0.05) is 0 Å². The first-order chi connectivity index (χ1) is 5.37. The minimum atomic E-state index is -4.70. The van der Waals surface area contributed by atoms with Crippen molar-refractivity contribution in [3.63, 3.8) is 0 Å². The maximum atomic E-state index is 12.0. The average molecular weight is 186 g/mol. The second kappa shape index (κ2) is 2.51. The minimum absolute atomic E-state index is 0.761. The van der Waals surface area contributed by atoms with Gasteiger partial charge in [0.1, 0.15) is 0 Å². The van der Waals surface area contributed by atoms with Gasteiger partial charge < -0.3 is 14.6 Å². The molecule has 0 bridgehead atoms. The van der Waals surface area contributed by atoms with E-state index < -0.39 is 31.1 Å². The van der Waals surface area contributed by atoms with Crippen molar-refractivity contribution in [1.29, 1.82) is 0 Å². The lowest BCUT2D eigenvalue weighted by atomic mass is 10.0. The maximum Gasteiger partial charge on any atom is 0.506 e. The number of ether oxygens (including phenoxy) is 2. The zero-order valence-electron chi connectivity index (χ0n) is 5.72. The van der Waals surface area contributed by atoms with E-state index in [2.05, 4.69) is 9.47 Å². The van der Waals surface area contributed by atoms with Gasteiger partial charge in [-0.05, 0) is 0 Å². The van der Waals surface area contributed by atoms with E-state index in [0.717, 1.165) is 0 Å². The Morgan fingerprint density at radius 2 is 2.00 bits per heavy atom. The first-order valence-corrected chi connectivity index (χ1v) is 2.94. The molecule has 70 valence electrons. The third-order valence-corrected chi connectivity index (χ3v) is 1.47. The zero-order chi connectivity index (χ0) is 9.41. The van der Waals surface area contributed by atoms with Crippen LogP contribution in [-0.4, -0.2) is 36.3 Å². The highest BCUT2D eigenvalue weighted by Gasteiger charge is 2.63. The molecule has 0 amide bonds. The van der Waals surface area contributed by atoms with E-state index in [1.807, 2.05) is 0 Å². The fourth-order valence-electron chi connectivity index (χ4n) is 0.735. The number of rotatable bonds is 1. The van der Waals surface area contributed by atoms with Gasteiger partial charge in [0.15, 0.2) is 0 Å². The van der Waals surface area contributed by atoms with Gasteiger partial charge in [-0.25, -0.2) is 4.79 Å². The van der Waals surface area contributed by atoms with Crippen molar-refractivity contribution in [1.82, 2.24) is 0 Å². The van der Waals surface area contributed by atoms with Crippen molar-refractivity contribution in [2.45, 2.75) is 11.8 Å². The van der Waals surface area contributed by atoms with Crippen LogP contribution in [0, 0.1) is 0 Å². The molecule has 1 rings (SSSR count). The summed E-state index contributed by atoms with van der Waals surface area (Å²) in [6.07, 6.45) is -6.65. The average Bonchev–Trinajstić information content (AvgIpc) is 1.74. The Morgan fingerprint density at radius 3 is 2.08 bits per heavy atom. The van der Waals surface area contributed by atoms with Crippen LogP contribution in [0.5, 0.6) is 0 Å². The standard InChI is InChI=1S/C5H5F3O4/c6-5(7,8)4(1-11-2-4)12-3(9)10/h1-2H2,(H,9,10). The van der Waals surface area contributed by atoms with E-state index in [0.29, 0.717) is 0 Å². The van der Waals surface area contributed by atoms with E-state index in [4.69, 9.17) is 5.11 Å². The van der Waals surface area contributed by atoms with Gasteiger partial charge in [-0.2, -0.15) is 13.2 Å². The summed E-state index contributed by atoms with van der Waals surface area (Å²) in [7, 11) is 0. The molecule has 0 aromatic heterocycles. The Labute approximate surface area is 64.9 Å². The van der Waals surface area contributed by atoms with Gasteiger partial charge in [-0.3, -0.25) is 0 Å². The molecule has 0 unspecified atom stereocenters. The SMILES string of the molecule is O=C(O)OC1(C(F)(F)F)COC1. The van der Waals surface area contributed by atoms with E-state index >= 15 is 0 Å². The Morgan fingerprint density at radius 1 is 1.50 bits per heavy atom. The Balaban J connectivity index is 2.70. The molecule has 0 atom stereocenters. The Bertz CT molecular complexity index is 195. The lowest BCUT2D eigenvalue weighted by Crippen LogP contribution is -2.62. The van der Waals surface area contributed by atoms with Crippen molar-refractivity contribution >= 4 is 6.16 Å². The molecule has 0 radical (unpaired) electrons. The summed E-state index contributed by atoms with van der Waals surface area (Å²) in [6, 6.07) is 0. The van der Waals surface area contributed by atoms with E-state index in [1.54, 1.807) is 0 Å². The van der Waals surface area contributed by atoms with Crippen molar-refractivity contribution < 1.29 is 32.5 Å². The molecule has 0 aromatic rings. The summed E-state index contributed by atoms with van der Waals surface area (Å²) in [5.41, 5.74) is -2.64. The van der Waals surface area contributed by atoms with Crippen LogP contribution < -0.4 is 0 Å². The topological polar surface area (TPSA) is 55.8 Å². The van der Waals surface area contributed by atoms with Crippen molar-refractivity contribution in [2.75, 3.05) is 13.2 Å². The molecule has 0 saturated carbocycles. The first-order valence-electron chi connectivity index (χ1n) is 2.94. The second-order valence-corrected chi connectivity index (χ2v) is 2.35. The van der Waals surface area contributed by atoms with Gasteiger partial charge in [0, 0.05) is 0 Å². The fraction of sp³-hybridized carbons (Fsp3) is 0.800. The lowest BCUT2D eigenvalue weighted by molar-refractivity contribution is -0.334. The zero-order valence-corrected chi connectivity index (χ0v) is 5.72. The van der Waals surface area contributed by atoms with Crippen LogP contribution in [0.3, 0.4) is 0 Å². The van der Waals surface area contributed by atoms with Gasteiger partial charge in [0.25, 0.3) is 5.60 Å². The largest absolute Gasteiger partial charge is 0.506 e. The summed E-state index contributed by atoms with van der Waals surface area (Å²) in [4.78, 5) is 9.88. The van der Waals surface area contributed by atoms with E-state index in [1.165, 1.54) is 0 Å². The quantitative estimate of drug-likeness (QED) is 0.621. The number of carboxylic acid groups (broad SMARTS) is 1. The Kier molecular flexibility index (Phi) is 1.91. The van der Waals surface area contributed by atoms with Crippen molar-refractivity contribution in [2.24, 2.45) is 0 Å². The molecular weight excluding hydrogens is 181 g/mol. The molecule has 4 nitrogen and oxygen atoms in total.